The highest BCUT2D eigenvalue weighted by Gasteiger charge is 2.12. The summed E-state index contributed by atoms with van der Waals surface area (Å²) in [5.41, 5.74) is 0.754. The Labute approximate surface area is 133 Å². The Morgan fingerprint density at radius 2 is 1.91 bits per heavy atom. The first-order chi connectivity index (χ1) is 11.2. The lowest BCUT2D eigenvalue weighted by Gasteiger charge is -2.11. The molecule has 2 heterocycles. The van der Waals surface area contributed by atoms with Crippen molar-refractivity contribution in [2.75, 3.05) is 5.32 Å². The minimum atomic E-state index is -0.346. The molecule has 0 spiro atoms. The fourth-order valence-electron chi connectivity index (χ4n) is 1.95. The van der Waals surface area contributed by atoms with Crippen molar-refractivity contribution in [3.05, 3.63) is 72.6 Å². The van der Waals surface area contributed by atoms with Crippen LogP contribution in [0, 0.1) is 6.92 Å². The Morgan fingerprint density at radius 1 is 1.09 bits per heavy atom. The molecule has 2 aromatic heterocycles. The van der Waals surface area contributed by atoms with Crippen molar-refractivity contribution in [1.29, 1.82) is 0 Å². The molecule has 0 aliphatic heterocycles. The fraction of sp³-hybridized carbons (Fsp3) is 0.0588. The van der Waals surface area contributed by atoms with Gasteiger partial charge in [0.1, 0.15) is 23.0 Å². The second-order valence-electron chi connectivity index (χ2n) is 4.73. The molecule has 0 radical (unpaired) electrons. The van der Waals surface area contributed by atoms with Crippen molar-refractivity contribution < 1.29 is 9.53 Å². The van der Waals surface area contributed by atoms with Crippen molar-refractivity contribution in [2.24, 2.45) is 0 Å². The molecule has 0 saturated heterocycles. The zero-order valence-electron chi connectivity index (χ0n) is 12.4. The summed E-state index contributed by atoms with van der Waals surface area (Å²) in [5, 5.41) is 2.76. The highest BCUT2D eigenvalue weighted by atomic mass is 16.5. The van der Waals surface area contributed by atoms with Gasteiger partial charge in [0, 0.05) is 18.5 Å². The van der Waals surface area contributed by atoms with Gasteiger partial charge in [0.15, 0.2) is 5.75 Å². The van der Waals surface area contributed by atoms with Gasteiger partial charge in [0.25, 0.3) is 5.91 Å². The van der Waals surface area contributed by atoms with Gasteiger partial charge in [-0.3, -0.25) is 9.78 Å². The van der Waals surface area contributed by atoms with Crippen LogP contribution < -0.4 is 10.1 Å². The van der Waals surface area contributed by atoms with Gasteiger partial charge in [-0.05, 0) is 25.1 Å². The van der Waals surface area contributed by atoms with Crippen LogP contribution in [0.25, 0.3) is 0 Å². The lowest BCUT2D eigenvalue weighted by molar-refractivity contribution is 0.102. The van der Waals surface area contributed by atoms with Crippen LogP contribution in [0.3, 0.4) is 0 Å². The Bertz CT molecular complexity index is 822. The van der Waals surface area contributed by atoms with Gasteiger partial charge in [-0.2, -0.15) is 0 Å². The van der Waals surface area contributed by atoms with E-state index in [9.17, 15) is 4.79 Å². The molecule has 6 nitrogen and oxygen atoms in total. The lowest BCUT2D eigenvalue weighted by Crippen LogP contribution is -2.15. The maximum atomic E-state index is 12.3. The monoisotopic (exact) mass is 306 g/mol. The molecule has 6 heteroatoms. The van der Waals surface area contributed by atoms with Gasteiger partial charge >= 0.3 is 0 Å². The minimum Gasteiger partial charge on any atom is -0.455 e. The number of benzene rings is 1. The van der Waals surface area contributed by atoms with Crippen LogP contribution in [-0.4, -0.2) is 20.9 Å². The number of carbonyl (C=O) groups excluding carboxylic acids is 1. The lowest BCUT2D eigenvalue weighted by atomic mass is 10.3. The molecule has 0 fully saturated rings. The van der Waals surface area contributed by atoms with E-state index in [0.29, 0.717) is 23.0 Å². The Kier molecular flexibility index (Phi) is 4.24. The quantitative estimate of drug-likeness (QED) is 0.800. The number of nitrogens with zero attached hydrogens (tertiary/aromatic N) is 3. The van der Waals surface area contributed by atoms with Gasteiger partial charge in [0.05, 0.1) is 6.20 Å². The van der Waals surface area contributed by atoms with Crippen LogP contribution >= 0.6 is 0 Å². The minimum absolute atomic E-state index is 0.284. The van der Waals surface area contributed by atoms with Gasteiger partial charge < -0.3 is 10.1 Å². The summed E-state index contributed by atoms with van der Waals surface area (Å²) in [6.45, 7) is 1.73. The summed E-state index contributed by atoms with van der Waals surface area (Å²) in [4.78, 5) is 24.4. The number of para-hydroxylation sites is 1. The molecule has 1 N–H and O–H groups in total. The van der Waals surface area contributed by atoms with E-state index in [4.69, 9.17) is 4.74 Å². The third-order valence-corrected chi connectivity index (χ3v) is 3.01. The first-order valence-corrected chi connectivity index (χ1v) is 7.00. The molecule has 0 atom stereocenters. The number of hydrogen-bond acceptors (Lipinski definition) is 5. The number of hydrogen-bond donors (Lipinski definition) is 1. The number of amides is 1. The molecule has 0 aliphatic carbocycles. The van der Waals surface area contributed by atoms with Gasteiger partial charge in [-0.15, -0.1) is 0 Å². The van der Waals surface area contributed by atoms with Crippen molar-refractivity contribution in [2.45, 2.75) is 6.92 Å². The molecule has 0 saturated carbocycles. The first-order valence-electron chi connectivity index (χ1n) is 7.00. The molecule has 23 heavy (non-hydrogen) atoms. The zero-order valence-corrected chi connectivity index (χ0v) is 12.4. The third kappa shape index (κ3) is 3.68. The summed E-state index contributed by atoms with van der Waals surface area (Å²) in [6.07, 6.45) is 4.68. The Hall–Kier alpha value is -3.28. The number of nitrogens with one attached hydrogen (secondary N) is 1. The number of carbonyl (C=O) groups is 1. The van der Waals surface area contributed by atoms with Crippen molar-refractivity contribution >= 4 is 11.6 Å². The third-order valence-electron chi connectivity index (χ3n) is 3.01. The number of aromatic nitrogens is 3. The molecule has 114 valence electrons. The second kappa shape index (κ2) is 6.65. The summed E-state index contributed by atoms with van der Waals surface area (Å²) in [5.74, 6) is 1.36. The predicted molar refractivity (Wildman–Crippen MR) is 85.5 cm³/mol. The van der Waals surface area contributed by atoms with Crippen LogP contribution in [0.1, 0.15) is 16.3 Å². The maximum Gasteiger partial charge on any atom is 0.274 e. The molecule has 0 bridgehead atoms. The number of anilines is 1. The molecule has 3 rings (SSSR count). The number of ether oxygens (including phenoxy) is 1. The summed E-state index contributed by atoms with van der Waals surface area (Å²) < 4.78 is 5.78. The normalized spacial score (nSPS) is 10.1. The van der Waals surface area contributed by atoms with Gasteiger partial charge in [-0.25, -0.2) is 9.97 Å². The second-order valence-corrected chi connectivity index (χ2v) is 4.73. The van der Waals surface area contributed by atoms with Crippen molar-refractivity contribution in [1.82, 2.24) is 15.0 Å². The largest absolute Gasteiger partial charge is 0.455 e. The maximum absolute atomic E-state index is 12.3. The van der Waals surface area contributed by atoms with Crippen LogP contribution in [-0.2, 0) is 0 Å². The Morgan fingerprint density at radius 3 is 2.70 bits per heavy atom. The average Bonchev–Trinajstić information content (AvgIpc) is 2.57. The summed E-state index contributed by atoms with van der Waals surface area (Å²) >= 11 is 0. The Balaban J connectivity index is 1.82. The molecule has 1 aromatic carbocycles. The van der Waals surface area contributed by atoms with Crippen molar-refractivity contribution in [3.63, 3.8) is 0 Å². The van der Waals surface area contributed by atoms with Crippen LogP contribution in [0.15, 0.2) is 61.1 Å². The van der Waals surface area contributed by atoms with E-state index in [1.807, 2.05) is 30.3 Å². The smallest absolute Gasteiger partial charge is 0.274 e. The van der Waals surface area contributed by atoms with Crippen LogP contribution in [0.5, 0.6) is 11.5 Å². The molecule has 1 amide bonds. The van der Waals surface area contributed by atoms with Crippen LogP contribution in [0.4, 0.5) is 5.69 Å². The fourth-order valence-corrected chi connectivity index (χ4v) is 1.95. The van der Waals surface area contributed by atoms with Crippen molar-refractivity contribution in [3.8, 4) is 11.5 Å². The SMILES string of the molecule is Cc1nccc(C(=O)Nc2cnccc2Oc2ccccc2)n1. The predicted octanol–water partition coefficient (Wildman–Crippen LogP) is 3.22. The van der Waals surface area contributed by atoms with Crippen LogP contribution in [0.2, 0.25) is 0 Å². The topological polar surface area (TPSA) is 77.0 Å². The first kappa shape index (κ1) is 14.6. The number of aryl methyl sites for hydroxylation is 1. The average molecular weight is 306 g/mol. The van der Waals surface area contributed by atoms with E-state index in [0.717, 1.165) is 0 Å². The molecular formula is C17H14N4O2. The molecule has 0 aliphatic rings. The summed E-state index contributed by atoms with van der Waals surface area (Å²) in [7, 11) is 0. The summed E-state index contributed by atoms with van der Waals surface area (Å²) in [6, 6.07) is 12.6. The number of rotatable bonds is 4. The van der Waals surface area contributed by atoms with E-state index in [1.165, 1.54) is 6.20 Å². The molecule has 3 aromatic rings. The molecule has 0 unspecified atom stereocenters. The standard InChI is InChI=1S/C17H14N4O2/c1-12-19-10-7-14(20-12)17(22)21-15-11-18-9-8-16(15)23-13-5-3-2-4-6-13/h2-11H,1H3,(H,21,22). The van der Waals surface area contributed by atoms with E-state index >= 15 is 0 Å². The zero-order chi connectivity index (χ0) is 16.1. The van der Waals surface area contributed by atoms with E-state index < -0.39 is 0 Å². The van der Waals surface area contributed by atoms with Gasteiger partial charge in [0.2, 0.25) is 0 Å². The molecular weight excluding hydrogens is 292 g/mol. The van der Waals surface area contributed by atoms with E-state index in [-0.39, 0.29) is 11.6 Å². The number of pyridine rings is 1. The van der Waals surface area contributed by atoms with Gasteiger partial charge in [-0.1, -0.05) is 18.2 Å². The highest BCUT2D eigenvalue weighted by molar-refractivity contribution is 6.03. The highest BCUT2D eigenvalue weighted by Crippen LogP contribution is 2.28. The van der Waals surface area contributed by atoms with E-state index in [2.05, 4.69) is 20.3 Å². The van der Waals surface area contributed by atoms with E-state index in [1.54, 1.807) is 31.5 Å².